The topological polar surface area (TPSA) is 95.1 Å². The number of nitrogens with one attached hydrogen (secondary N) is 2. The van der Waals surface area contributed by atoms with Crippen molar-refractivity contribution < 1.29 is 14.7 Å². The third-order valence-corrected chi connectivity index (χ3v) is 7.54. The number of aliphatic carboxylic acids is 1. The minimum atomic E-state index is -1.65. The fourth-order valence-corrected chi connectivity index (χ4v) is 5.46. The van der Waals surface area contributed by atoms with Crippen molar-refractivity contribution in [2.75, 3.05) is 0 Å². The molecule has 4 aromatic rings. The summed E-state index contributed by atoms with van der Waals surface area (Å²) in [4.78, 5) is 34.8. The van der Waals surface area contributed by atoms with Crippen LogP contribution in [0.4, 0.5) is 0 Å². The Morgan fingerprint density at radius 2 is 1.70 bits per heavy atom. The number of amides is 1. The van der Waals surface area contributed by atoms with Crippen LogP contribution in [0.15, 0.2) is 109 Å². The number of aromatic amines is 1. The molecule has 0 fully saturated rings. The van der Waals surface area contributed by atoms with Crippen LogP contribution in [0.25, 0.3) is 16.8 Å². The summed E-state index contributed by atoms with van der Waals surface area (Å²) in [5, 5.41) is 14.5. The molecule has 3 aromatic carbocycles. The lowest BCUT2D eigenvalue weighted by molar-refractivity contribution is -0.141. The number of hydrogen-bond donors (Lipinski definition) is 3. The van der Waals surface area contributed by atoms with E-state index in [9.17, 15) is 14.7 Å². The van der Waals surface area contributed by atoms with E-state index >= 15 is 0 Å². The van der Waals surface area contributed by atoms with Crippen molar-refractivity contribution in [3.63, 3.8) is 0 Å². The van der Waals surface area contributed by atoms with Crippen molar-refractivity contribution in [3.05, 3.63) is 131 Å². The molecule has 0 aliphatic heterocycles. The largest absolute Gasteiger partial charge is 0.480 e. The second-order valence-corrected chi connectivity index (χ2v) is 10.3. The molecule has 0 spiro atoms. The van der Waals surface area contributed by atoms with Crippen molar-refractivity contribution in [2.45, 2.75) is 37.6 Å². The maximum atomic E-state index is 13.7. The first kappa shape index (κ1) is 27.2. The van der Waals surface area contributed by atoms with E-state index in [4.69, 9.17) is 11.6 Å². The van der Waals surface area contributed by atoms with Crippen LogP contribution in [0.2, 0.25) is 5.02 Å². The summed E-state index contributed by atoms with van der Waals surface area (Å²) >= 11 is 6.31. The van der Waals surface area contributed by atoms with Crippen molar-refractivity contribution in [2.24, 2.45) is 0 Å². The molecule has 2 atom stereocenters. The van der Waals surface area contributed by atoms with Crippen LogP contribution in [-0.2, 0) is 15.0 Å². The molecule has 0 bridgehead atoms. The van der Waals surface area contributed by atoms with Gasteiger partial charge in [-0.3, -0.25) is 9.59 Å². The number of halogens is 1. The van der Waals surface area contributed by atoms with Gasteiger partial charge in [0.25, 0.3) is 0 Å². The molecule has 3 N–H and O–H groups in total. The molecule has 5 rings (SSSR count). The zero-order chi connectivity index (χ0) is 28.1. The van der Waals surface area contributed by atoms with Gasteiger partial charge in [0.1, 0.15) is 5.82 Å². The Kier molecular flexibility index (Phi) is 7.99. The van der Waals surface area contributed by atoms with Gasteiger partial charge in [0.15, 0.2) is 5.41 Å². The predicted molar refractivity (Wildman–Crippen MR) is 158 cm³/mol. The first-order chi connectivity index (χ1) is 19.4. The molecule has 1 unspecified atom stereocenters. The average Bonchev–Trinajstić information content (AvgIpc) is 3.48. The van der Waals surface area contributed by atoms with E-state index in [1.165, 1.54) is 0 Å². The monoisotopic (exact) mass is 551 g/mol. The Balaban J connectivity index is 1.58. The Morgan fingerprint density at radius 3 is 2.38 bits per heavy atom. The van der Waals surface area contributed by atoms with Crippen molar-refractivity contribution in [3.8, 4) is 11.3 Å². The second kappa shape index (κ2) is 11.8. The van der Waals surface area contributed by atoms with E-state index in [1.807, 2.05) is 66.7 Å². The van der Waals surface area contributed by atoms with Gasteiger partial charge >= 0.3 is 5.97 Å². The van der Waals surface area contributed by atoms with Crippen molar-refractivity contribution >= 4 is 29.1 Å². The number of allylic oxidation sites excluding steroid dienone is 2. The zero-order valence-electron chi connectivity index (χ0n) is 22.1. The SMILES string of the molecule is CCC[C@@H](NC(=O)C1=CC=C(c2cccc(Cl)c2)C(C(=O)O)(c2ncc(-c3ccccc3)[nH]2)C1)c1ccccc1. The highest BCUT2D eigenvalue weighted by Crippen LogP contribution is 2.46. The summed E-state index contributed by atoms with van der Waals surface area (Å²) in [6.45, 7) is 2.07. The molecular weight excluding hydrogens is 522 g/mol. The van der Waals surface area contributed by atoms with Gasteiger partial charge in [0.05, 0.1) is 17.9 Å². The maximum absolute atomic E-state index is 13.7. The number of rotatable bonds is 9. The zero-order valence-corrected chi connectivity index (χ0v) is 22.9. The quantitative estimate of drug-likeness (QED) is 0.206. The standard InChI is InChI=1S/C33H30ClN3O3/c1-2-10-28(22-11-5-3-6-12-22)36-30(38)25-17-18-27(24-15-9-16-26(34)19-24)33(20-25,32(39)40)31-35-21-29(37-31)23-13-7-4-8-14-23/h3-9,11-19,21,28H,2,10,20H2,1H3,(H,35,37)(H,36,38)(H,39,40)/t28-,33?/m1/s1. The van der Waals surface area contributed by atoms with Crippen LogP contribution in [0, 0.1) is 0 Å². The van der Waals surface area contributed by atoms with Gasteiger partial charge in [-0.2, -0.15) is 0 Å². The van der Waals surface area contributed by atoms with E-state index in [0.717, 1.165) is 24.0 Å². The van der Waals surface area contributed by atoms with Gasteiger partial charge in [-0.15, -0.1) is 0 Å². The van der Waals surface area contributed by atoms with Gasteiger partial charge in [0.2, 0.25) is 5.91 Å². The predicted octanol–water partition coefficient (Wildman–Crippen LogP) is 7.12. The summed E-state index contributed by atoms with van der Waals surface area (Å²) in [5.74, 6) is -1.17. The number of benzene rings is 3. The number of carbonyl (C=O) groups is 2. The molecule has 1 aliphatic rings. The number of carboxylic acid groups (broad SMARTS) is 1. The molecule has 40 heavy (non-hydrogen) atoms. The fourth-order valence-electron chi connectivity index (χ4n) is 5.27. The van der Waals surface area contributed by atoms with Crippen molar-refractivity contribution in [1.29, 1.82) is 0 Å². The highest BCUT2D eigenvalue weighted by Gasteiger charge is 2.50. The fraction of sp³-hybridized carbons (Fsp3) is 0.182. The smallest absolute Gasteiger partial charge is 0.322 e. The maximum Gasteiger partial charge on any atom is 0.322 e. The lowest BCUT2D eigenvalue weighted by atomic mass is 9.69. The second-order valence-electron chi connectivity index (χ2n) is 9.91. The number of carbonyl (C=O) groups excluding carboxylic acids is 1. The Hall–Kier alpha value is -4.42. The third-order valence-electron chi connectivity index (χ3n) is 7.31. The summed E-state index contributed by atoms with van der Waals surface area (Å²) in [6, 6.07) is 26.3. The summed E-state index contributed by atoms with van der Waals surface area (Å²) < 4.78 is 0. The first-order valence-corrected chi connectivity index (χ1v) is 13.7. The van der Waals surface area contributed by atoms with Crippen LogP contribution < -0.4 is 5.32 Å². The highest BCUT2D eigenvalue weighted by molar-refractivity contribution is 6.30. The lowest BCUT2D eigenvalue weighted by Gasteiger charge is -2.34. The number of imidazole rings is 1. The van der Waals surface area contributed by atoms with E-state index in [0.29, 0.717) is 27.4 Å². The van der Waals surface area contributed by atoms with E-state index < -0.39 is 11.4 Å². The first-order valence-electron chi connectivity index (χ1n) is 13.3. The summed E-state index contributed by atoms with van der Waals surface area (Å²) in [7, 11) is 0. The normalized spacial score (nSPS) is 17.4. The van der Waals surface area contributed by atoms with Gasteiger partial charge in [0, 0.05) is 17.0 Å². The number of aromatic nitrogens is 2. The molecule has 1 aliphatic carbocycles. The highest BCUT2D eigenvalue weighted by atomic mass is 35.5. The number of hydrogen-bond acceptors (Lipinski definition) is 3. The lowest BCUT2D eigenvalue weighted by Crippen LogP contribution is -2.42. The van der Waals surface area contributed by atoms with E-state index in [1.54, 1.807) is 36.5 Å². The minimum Gasteiger partial charge on any atom is -0.480 e. The Labute approximate surface area is 238 Å². The molecule has 0 saturated carbocycles. The van der Waals surface area contributed by atoms with Crippen LogP contribution in [0.1, 0.15) is 49.2 Å². The molecule has 1 amide bonds. The molecule has 0 radical (unpaired) electrons. The van der Waals surface area contributed by atoms with Gasteiger partial charge in [-0.1, -0.05) is 110 Å². The van der Waals surface area contributed by atoms with Crippen LogP contribution in [-0.4, -0.2) is 27.0 Å². The molecule has 1 aromatic heterocycles. The van der Waals surface area contributed by atoms with Crippen LogP contribution in [0.5, 0.6) is 0 Å². The molecule has 7 heteroatoms. The minimum absolute atomic E-state index is 0.0815. The molecule has 1 heterocycles. The van der Waals surface area contributed by atoms with E-state index in [-0.39, 0.29) is 24.2 Å². The number of carboxylic acids is 1. The van der Waals surface area contributed by atoms with Gasteiger partial charge in [-0.25, -0.2) is 4.98 Å². The molecule has 202 valence electrons. The van der Waals surface area contributed by atoms with Gasteiger partial charge in [-0.05, 0) is 40.8 Å². The Morgan fingerprint density at radius 1 is 1.00 bits per heavy atom. The molecular formula is C33H30ClN3O3. The summed E-state index contributed by atoms with van der Waals surface area (Å²) in [5.41, 5.74) is 2.44. The average molecular weight is 552 g/mol. The summed E-state index contributed by atoms with van der Waals surface area (Å²) in [6.07, 6.45) is 6.61. The Bertz CT molecular complexity index is 1580. The third kappa shape index (κ3) is 5.36. The van der Waals surface area contributed by atoms with Crippen LogP contribution in [0.3, 0.4) is 0 Å². The van der Waals surface area contributed by atoms with Crippen LogP contribution >= 0.6 is 11.6 Å². The number of nitrogens with zero attached hydrogens (tertiary/aromatic N) is 1. The molecule has 6 nitrogen and oxygen atoms in total. The number of H-pyrrole nitrogens is 1. The van der Waals surface area contributed by atoms with Crippen molar-refractivity contribution in [1.82, 2.24) is 15.3 Å². The van der Waals surface area contributed by atoms with Gasteiger partial charge < -0.3 is 15.4 Å². The van der Waals surface area contributed by atoms with E-state index in [2.05, 4.69) is 22.2 Å². The molecule has 0 saturated heterocycles.